The van der Waals surface area contributed by atoms with E-state index in [1.165, 1.54) is 57.4 Å². The number of hydrogen-bond donors (Lipinski definition) is 8. The summed E-state index contributed by atoms with van der Waals surface area (Å²) in [5.41, 5.74) is 0.717. The minimum Gasteiger partial charge on any atom is -0.507 e. The number of carboxylic acid groups (broad SMARTS) is 1. The molecule has 17 nitrogen and oxygen atoms in total. The average Bonchev–Trinajstić information content (AvgIpc) is 3.02. The molecule has 1 aliphatic heterocycles. The fourth-order valence-electron chi connectivity index (χ4n) is 4.75. The fourth-order valence-corrected chi connectivity index (χ4v) is 4.75. The number of benzene rings is 2. The molecule has 2 aromatic rings. The van der Waals surface area contributed by atoms with E-state index in [4.69, 9.17) is 0 Å². The highest BCUT2D eigenvalue weighted by Crippen LogP contribution is 2.38. The molecule has 4 bridgehead atoms. The maximum absolute atomic E-state index is 13.4. The number of aliphatic carboxylic acids is 1. The maximum atomic E-state index is 13.4. The molecule has 0 aromatic heterocycles. The van der Waals surface area contributed by atoms with Crippen molar-refractivity contribution in [2.24, 2.45) is 0 Å². The van der Waals surface area contributed by atoms with Crippen LogP contribution >= 0.6 is 0 Å². The Hall–Kier alpha value is -5.71. The number of aliphatic hydroxyl groups is 1. The summed E-state index contributed by atoms with van der Waals surface area (Å²) in [6.45, 7) is -1.38. The predicted molar refractivity (Wildman–Crippen MR) is 162 cm³/mol. The van der Waals surface area contributed by atoms with Crippen molar-refractivity contribution in [2.45, 2.75) is 31.5 Å². The van der Waals surface area contributed by atoms with Gasteiger partial charge in [0.1, 0.15) is 29.6 Å². The molecule has 3 rings (SSSR count). The summed E-state index contributed by atoms with van der Waals surface area (Å²) in [4.78, 5) is 89.3. The summed E-state index contributed by atoms with van der Waals surface area (Å²) in [6, 6.07) is 4.05. The van der Waals surface area contributed by atoms with Gasteiger partial charge in [-0.1, -0.05) is 12.1 Å². The number of hydrogen-bond acceptors (Lipinski definition) is 10. The minimum absolute atomic E-state index is 0.0640. The number of carbonyl (C=O) groups is 7. The van der Waals surface area contributed by atoms with Crippen molar-refractivity contribution >= 4 is 41.4 Å². The second-order valence-corrected chi connectivity index (χ2v) is 10.7. The second kappa shape index (κ2) is 15.5. The minimum atomic E-state index is -1.44. The van der Waals surface area contributed by atoms with Crippen LogP contribution in [-0.2, 0) is 40.0 Å². The van der Waals surface area contributed by atoms with Crippen LogP contribution in [0.25, 0.3) is 11.1 Å². The molecule has 6 amide bonds. The molecule has 8 N–H and O–H groups in total. The van der Waals surface area contributed by atoms with E-state index in [-0.39, 0.29) is 34.6 Å². The van der Waals surface area contributed by atoms with Gasteiger partial charge in [0.2, 0.25) is 35.4 Å². The summed E-state index contributed by atoms with van der Waals surface area (Å²) in [5, 5.41) is 49.6. The molecule has 0 aliphatic carbocycles. The van der Waals surface area contributed by atoms with Gasteiger partial charge in [0, 0.05) is 38.6 Å². The van der Waals surface area contributed by atoms with Crippen LogP contribution < -0.4 is 21.3 Å². The molecule has 47 heavy (non-hydrogen) atoms. The first kappa shape index (κ1) is 35.8. The largest absolute Gasteiger partial charge is 0.507 e. The Morgan fingerprint density at radius 1 is 0.957 bits per heavy atom. The van der Waals surface area contributed by atoms with Gasteiger partial charge in [-0.05, 0) is 35.4 Å². The second-order valence-electron chi connectivity index (χ2n) is 10.7. The highest BCUT2D eigenvalue weighted by molar-refractivity contribution is 5.95. The summed E-state index contributed by atoms with van der Waals surface area (Å²) in [5.74, 6) is -6.49. The number of fused-ring (bicyclic) bond motifs is 5. The SMILES string of the molecule is CC(=O)N(C)C(CO)C(=O)NCC(=O)NCC(=O)N(C)C1C(=O)NCC(=O)NC(C(=O)O)Cc2ccc(O)c(c2)-c2cc1ccc2O. The van der Waals surface area contributed by atoms with Gasteiger partial charge < -0.3 is 51.5 Å². The van der Waals surface area contributed by atoms with Crippen LogP contribution in [0.15, 0.2) is 36.4 Å². The van der Waals surface area contributed by atoms with Gasteiger partial charge in [0.25, 0.3) is 0 Å². The quantitative estimate of drug-likeness (QED) is 0.141. The summed E-state index contributed by atoms with van der Waals surface area (Å²) < 4.78 is 0. The predicted octanol–water partition coefficient (Wildman–Crippen LogP) is -2.42. The number of aliphatic hydroxyl groups excluding tert-OH is 1. The molecule has 0 spiro atoms. The van der Waals surface area contributed by atoms with E-state index >= 15 is 0 Å². The Balaban J connectivity index is 1.86. The van der Waals surface area contributed by atoms with Gasteiger partial charge in [-0.3, -0.25) is 28.8 Å². The van der Waals surface area contributed by atoms with Crippen molar-refractivity contribution in [3.63, 3.8) is 0 Å². The zero-order valence-corrected chi connectivity index (χ0v) is 25.8. The first-order chi connectivity index (χ1) is 22.1. The highest BCUT2D eigenvalue weighted by atomic mass is 16.4. The lowest BCUT2D eigenvalue weighted by molar-refractivity contribution is -0.142. The number of phenols is 2. The topological polar surface area (TPSA) is 255 Å². The molecule has 3 unspecified atom stereocenters. The summed E-state index contributed by atoms with van der Waals surface area (Å²) >= 11 is 0. The summed E-state index contributed by atoms with van der Waals surface area (Å²) in [7, 11) is 2.55. The van der Waals surface area contributed by atoms with E-state index in [2.05, 4.69) is 21.3 Å². The molecular formula is C30H36N6O11. The third-order valence-corrected chi connectivity index (χ3v) is 7.51. The van der Waals surface area contributed by atoms with E-state index in [0.29, 0.717) is 5.56 Å². The van der Waals surface area contributed by atoms with Crippen LogP contribution in [0.5, 0.6) is 11.5 Å². The molecule has 17 heteroatoms. The molecule has 0 saturated carbocycles. The standard InChI is InChI=1S/C30H36N6O11/c1-15(38)35(2)21(14-37)28(44)32-11-24(41)31-13-26(43)36(3)27-17-5-7-23(40)19(10-17)18-8-16(4-6-22(18)39)9-20(30(46)47)34-25(42)12-33-29(27)45/h4-8,10,20-21,27,37,39-40H,9,11-14H2,1-3H3,(H,31,41)(H,32,44)(H,33,45)(H,34,42)(H,46,47). The van der Waals surface area contributed by atoms with Crippen molar-refractivity contribution in [3.05, 3.63) is 47.5 Å². The van der Waals surface area contributed by atoms with Crippen LogP contribution in [0.2, 0.25) is 0 Å². The lowest BCUT2D eigenvalue weighted by Gasteiger charge is -2.29. The van der Waals surface area contributed by atoms with Crippen LogP contribution in [0, 0.1) is 0 Å². The van der Waals surface area contributed by atoms with Gasteiger partial charge >= 0.3 is 5.97 Å². The molecule has 3 atom stereocenters. The third kappa shape index (κ3) is 8.94. The van der Waals surface area contributed by atoms with Crippen molar-refractivity contribution in [1.82, 2.24) is 31.1 Å². The zero-order valence-electron chi connectivity index (χ0n) is 25.8. The molecule has 1 heterocycles. The third-order valence-electron chi connectivity index (χ3n) is 7.51. The zero-order chi connectivity index (χ0) is 35.0. The number of nitrogens with one attached hydrogen (secondary N) is 4. The highest BCUT2D eigenvalue weighted by Gasteiger charge is 2.31. The van der Waals surface area contributed by atoms with Crippen LogP contribution in [0.1, 0.15) is 24.1 Å². The Labute approximate surface area is 268 Å². The van der Waals surface area contributed by atoms with Gasteiger partial charge in [-0.25, -0.2) is 4.79 Å². The van der Waals surface area contributed by atoms with Crippen molar-refractivity contribution in [2.75, 3.05) is 40.3 Å². The maximum Gasteiger partial charge on any atom is 0.326 e. The van der Waals surface area contributed by atoms with Crippen LogP contribution in [0.4, 0.5) is 0 Å². The Morgan fingerprint density at radius 2 is 1.60 bits per heavy atom. The molecule has 2 aromatic carbocycles. The number of nitrogens with zero attached hydrogens (tertiary/aromatic N) is 2. The smallest absolute Gasteiger partial charge is 0.326 e. The van der Waals surface area contributed by atoms with E-state index in [0.717, 1.165) is 9.80 Å². The van der Waals surface area contributed by atoms with Gasteiger partial charge in [0.15, 0.2) is 0 Å². The molecule has 0 fully saturated rings. The first-order valence-corrected chi connectivity index (χ1v) is 14.2. The average molecular weight is 657 g/mol. The normalized spacial score (nSPS) is 16.8. The lowest BCUT2D eigenvalue weighted by Crippen LogP contribution is -2.52. The van der Waals surface area contributed by atoms with Crippen molar-refractivity contribution < 1.29 is 54.0 Å². The molecule has 0 radical (unpaired) electrons. The molecular weight excluding hydrogens is 620 g/mol. The molecule has 252 valence electrons. The van der Waals surface area contributed by atoms with Crippen molar-refractivity contribution in [1.29, 1.82) is 0 Å². The number of rotatable bonds is 9. The lowest BCUT2D eigenvalue weighted by atomic mass is 9.94. The van der Waals surface area contributed by atoms with E-state index in [9.17, 15) is 54.0 Å². The fraction of sp³-hybridized carbons (Fsp3) is 0.367. The van der Waals surface area contributed by atoms with Gasteiger partial charge in [0.05, 0.1) is 26.2 Å². The number of carboxylic acids is 1. The number of phenolic OH excluding ortho intramolecular Hbond substituents is 2. The van der Waals surface area contributed by atoms with Gasteiger partial charge in [-0.2, -0.15) is 0 Å². The number of likely N-dealkylation sites (N-methyl/N-ethyl adjacent to an activating group) is 2. The van der Waals surface area contributed by atoms with Gasteiger partial charge in [-0.15, -0.1) is 0 Å². The van der Waals surface area contributed by atoms with Crippen LogP contribution in [0.3, 0.4) is 0 Å². The Bertz CT molecular complexity index is 1580. The molecule has 1 aliphatic rings. The Morgan fingerprint density at radius 3 is 2.21 bits per heavy atom. The number of aromatic hydroxyl groups is 2. The summed E-state index contributed by atoms with van der Waals surface area (Å²) in [6.07, 6.45) is -0.171. The van der Waals surface area contributed by atoms with E-state index in [1.54, 1.807) is 0 Å². The first-order valence-electron chi connectivity index (χ1n) is 14.2. The van der Waals surface area contributed by atoms with Crippen LogP contribution in [-0.4, -0.2) is 124 Å². The monoisotopic (exact) mass is 656 g/mol. The van der Waals surface area contributed by atoms with E-state index < -0.39 is 85.8 Å². The number of carbonyl (C=O) groups excluding carboxylic acids is 6. The van der Waals surface area contributed by atoms with E-state index in [1.807, 2.05) is 0 Å². The number of amides is 6. The molecule has 0 saturated heterocycles. The van der Waals surface area contributed by atoms with Crippen molar-refractivity contribution in [3.8, 4) is 22.6 Å². The Kier molecular flexibility index (Phi) is 11.8.